The quantitative estimate of drug-likeness (QED) is 0.583. The SMILES string of the molecule is C/C=C\c1c(OCC)ccc([N+](=O)[O-])c1OC. The number of methoxy groups -OCH3 is 1. The molecule has 0 amide bonds. The number of hydrogen-bond acceptors (Lipinski definition) is 4. The molecule has 0 bridgehead atoms. The minimum Gasteiger partial charge on any atom is -0.493 e. The van der Waals surface area contributed by atoms with Crippen molar-refractivity contribution < 1.29 is 14.4 Å². The second kappa shape index (κ2) is 5.89. The summed E-state index contributed by atoms with van der Waals surface area (Å²) in [6.45, 7) is 4.17. The van der Waals surface area contributed by atoms with Gasteiger partial charge in [-0.1, -0.05) is 12.2 Å². The van der Waals surface area contributed by atoms with E-state index in [4.69, 9.17) is 9.47 Å². The number of ether oxygens (including phenoxy) is 2. The van der Waals surface area contributed by atoms with Gasteiger partial charge in [-0.05, 0) is 19.9 Å². The molecule has 5 heteroatoms. The van der Waals surface area contributed by atoms with Crippen molar-refractivity contribution in [3.8, 4) is 11.5 Å². The Bertz CT molecular complexity index is 440. The van der Waals surface area contributed by atoms with Crippen LogP contribution in [0.15, 0.2) is 18.2 Å². The van der Waals surface area contributed by atoms with Gasteiger partial charge in [0.05, 0.1) is 24.2 Å². The maximum atomic E-state index is 10.9. The molecule has 0 N–H and O–H groups in total. The summed E-state index contributed by atoms with van der Waals surface area (Å²) in [4.78, 5) is 10.4. The van der Waals surface area contributed by atoms with Crippen LogP contribution in [0.3, 0.4) is 0 Å². The summed E-state index contributed by atoms with van der Waals surface area (Å²) >= 11 is 0. The van der Waals surface area contributed by atoms with E-state index in [2.05, 4.69) is 0 Å². The fourth-order valence-corrected chi connectivity index (χ4v) is 1.53. The van der Waals surface area contributed by atoms with Crippen LogP contribution < -0.4 is 9.47 Å². The minimum absolute atomic E-state index is 0.0657. The lowest BCUT2D eigenvalue weighted by Gasteiger charge is -2.11. The maximum absolute atomic E-state index is 10.9. The van der Waals surface area contributed by atoms with Crippen LogP contribution in [-0.4, -0.2) is 18.6 Å². The van der Waals surface area contributed by atoms with Gasteiger partial charge >= 0.3 is 5.69 Å². The first kappa shape index (κ1) is 13.0. The number of nitro groups is 1. The van der Waals surface area contributed by atoms with Gasteiger partial charge in [0.1, 0.15) is 5.75 Å². The molecule has 0 aromatic heterocycles. The number of benzene rings is 1. The highest BCUT2D eigenvalue weighted by atomic mass is 16.6. The number of allylic oxidation sites excluding steroid dienone is 1. The molecular weight excluding hydrogens is 222 g/mol. The van der Waals surface area contributed by atoms with E-state index in [-0.39, 0.29) is 11.4 Å². The fraction of sp³-hybridized carbons (Fsp3) is 0.333. The Hall–Kier alpha value is -2.04. The van der Waals surface area contributed by atoms with Gasteiger partial charge in [0, 0.05) is 6.07 Å². The molecular formula is C12H15NO4. The second-order valence-corrected chi connectivity index (χ2v) is 3.22. The number of rotatable bonds is 5. The van der Waals surface area contributed by atoms with Gasteiger partial charge in [-0.25, -0.2) is 0 Å². The van der Waals surface area contributed by atoms with Gasteiger partial charge in [0.2, 0.25) is 5.75 Å². The smallest absolute Gasteiger partial charge is 0.311 e. The van der Waals surface area contributed by atoms with Gasteiger partial charge in [-0.15, -0.1) is 0 Å². The lowest BCUT2D eigenvalue weighted by Crippen LogP contribution is -2.00. The van der Waals surface area contributed by atoms with Crippen molar-refractivity contribution in [1.82, 2.24) is 0 Å². The third-order valence-corrected chi connectivity index (χ3v) is 2.17. The molecule has 0 unspecified atom stereocenters. The molecule has 92 valence electrons. The van der Waals surface area contributed by atoms with E-state index in [1.807, 2.05) is 13.8 Å². The number of nitro benzene ring substituents is 1. The van der Waals surface area contributed by atoms with E-state index in [9.17, 15) is 10.1 Å². The van der Waals surface area contributed by atoms with E-state index in [0.717, 1.165) is 0 Å². The van der Waals surface area contributed by atoms with Crippen molar-refractivity contribution >= 4 is 11.8 Å². The third-order valence-electron chi connectivity index (χ3n) is 2.17. The lowest BCUT2D eigenvalue weighted by atomic mass is 10.1. The first-order valence-electron chi connectivity index (χ1n) is 5.26. The van der Waals surface area contributed by atoms with Crippen LogP contribution in [0.25, 0.3) is 6.08 Å². The van der Waals surface area contributed by atoms with Crippen LogP contribution in [0.5, 0.6) is 11.5 Å². The predicted octanol–water partition coefficient (Wildman–Crippen LogP) is 3.04. The zero-order valence-corrected chi connectivity index (χ0v) is 10.1. The Morgan fingerprint density at radius 3 is 2.65 bits per heavy atom. The molecule has 1 aromatic rings. The molecule has 0 spiro atoms. The van der Waals surface area contributed by atoms with Crippen molar-refractivity contribution in [2.45, 2.75) is 13.8 Å². The van der Waals surface area contributed by atoms with E-state index in [1.54, 1.807) is 18.2 Å². The first-order valence-corrected chi connectivity index (χ1v) is 5.26. The average Bonchev–Trinajstić information content (AvgIpc) is 2.31. The van der Waals surface area contributed by atoms with Gasteiger partial charge in [-0.2, -0.15) is 0 Å². The molecule has 1 aromatic carbocycles. The molecule has 0 saturated heterocycles. The summed E-state index contributed by atoms with van der Waals surface area (Å²) in [6.07, 6.45) is 3.51. The van der Waals surface area contributed by atoms with E-state index in [1.165, 1.54) is 13.2 Å². The van der Waals surface area contributed by atoms with Gasteiger partial charge in [0.15, 0.2) is 0 Å². The van der Waals surface area contributed by atoms with E-state index >= 15 is 0 Å². The zero-order valence-electron chi connectivity index (χ0n) is 10.1. The van der Waals surface area contributed by atoms with Crippen LogP contribution >= 0.6 is 0 Å². The number of nitrogens with zero attached hydrogens (tertiary/aromatic N) is 1. The molecule has 1 rings (SSSR count). The van der Waals surface area contributed by atoms with Crippen molar-refractivity contribution in [2.24, 2.45) is 0 Å². The monoisotopic (exact) mass is 237 g/mol. The van der Waals surface area contributed by atoms with Crippen molar-refractivity contribution in [3.63, 3.8) is 0 Å². The molecule has 5 nitrogen and oxygen atoms in total. The largest absolute Gasteiger partial charge is 0.493 e. The van der Waals surface area contributed by atoms with E-state index < -0.39 is 4.92 Å². The maximum Gasteiger partial charge on any atom is 0.311 e. The van der Waals surface area contributed by atoms with Crippen molar-refractivity contribution in [3.05, 3.63) is 33.9 Å². The Labute approximate surface area is 99.8 Å². The summed E-state index contributed by atoms with van der Waals surface area (Å²) < 4.78 is 10.5. The highest BCUT2D eigenvalue weighted by Crippen LogP contribution is 2.38. The summed E-state index contributed by atoms with van der Waals surface area (Å²) in [7, 11) is 1.41. The zero-order chi connectivity index (χ0) is 12.8. The molecule has 0 radical (unpaired) electrons. The van der Waals surface area contributed by atoms with Crippen LogP contribution in [0.2, 0.25) is 0 Å². The molecule has 0 aliphatic heterocycles. The fourth-order valence-electron chi connectivity index (χ4n) is 1.53. The third kappa shape index (κ3) is 2.75. The van der Waals surface area contributed by atoms with Gasteiger partial charge in [-0.3, -0.25) is 10.1 Å². The molecule has 0 saturated carbocycles. The molecule has 0 heterocycles. The normalized spacial score (nSPS) is 10.5. The Morgan fingerprint density at radius 2 is 2.18 bits per heavy atom. The number of hydrogen-bond donors (Lipinski definition) is 0. The van der Waals surface area contributed by atoms with E-state index in [0.29, 0.717) is 17.9 Å². The average molecular weight is 237 g/mol. The molecule has 0 aliphatic rings. The molecule has 0 atom stereocenters. The highest BCUT2D eigenvalue weighted by Gasteiger charge is 2.20. The molecule has 0 fully saturated rings. The standard InChI is InChI=1S/C12H15NO4/c1-4-6-9-11(17-5-2)8-7-10(13(14)15)12(9)16-3/h4,6-8H,5H2,1-3H3/b6-4-. The Morgan fingerprint density at radius 1 is 1.47 bits per heavy atom. The summed E-state index contributed by atoms with van der Waals surface area (Å²) in [5.41, 5.74) is 0.523. The van der Waals surface area contributed by atoms with Crippen molar-refractivity contribution in [2.75, 3.05) is 13.7 Å². The second-order valence-electron chi connectivity index (χ2n) is 3.22. The Balaban J connectivity index is 3.43. The summed E-state index contributed by atoms with van der Waals surface area (Å²) in [5, 5.41) is 10.9. The Kier molecular flexibility index (Phi) is 4.51. The van der Waals surface area contributed by atoms with Crippen LogP contribution in [0.1, 0.15) is 19.4 Å². The minimum atomic E-state index is -0.471. The topological polar surface area (TPSA) is 61.6 Å². The molecule has 0 aliphatic carbocycles. The van der Waals surface area contributed by atoms with Crippen molar-refractivity contribution in [1.29, 1.82) is 0 Å². The summed E-state index contributed by atoms with van der Waals surface area (Å²) in [6, 6.07) is 2.97. The lowest BCUT2D eigenvalue weighted by molar-refractivity contribution is -0.385. The summed E-state index contributed by atoms with van der Waals surface area (Å²) in [5.74, 6) is 0.798. The van der Waals surface area contributed by atoms with Crippen LogP contribution in [0, 0.1) is 10.1 Å². The van der Waals surface area contributed by atoms with Crippen LogP contribution in [-0.2, 0) is 0 Å². The highest BCUT2D eigenvalue weighted by molar-refractivity contribution is 5.70. The van der Waals surface area contributed by atoms with Gasteiger partial charge < -0.3 is 9.47 Å². The van der Waals surface area contributed by atoms with Crippen LogP contribution in [0.4, 0.5) is 5.69 Å². The first-order chi connectivity index (χ1) is 8.15. The predicted molar refractivity (Wildman–Crippen MR) is 65.5 cm³/mol. The van der Waals surface area contributed by atoms with Gasteiger partial charge in [0.25, 0.3) is 0 Å². The molecule has 17 heavy (non-hydrogen) atoms.